The lowest BCUT2D eigenvalue weighted by atomic mass is 9.85. The summed E-state index contributed by atoms with van der Waals surface area (Å²) in [5, 5.41) is 3.52. The normalized spacial score (nSPS) is 19.6. The van der Waals surface area contributed by atoms with Gasteiger partial charge in [0.15, 0.2) is 0 Å². The van der Waals surface area contributed by atoms with Crippen molar-refractivity contribution in [3.8, 4) is 0 Å². The fourth-order valence-corrected chi connectivity index (χ4v) is 2.39. The Kier molecular flexibility index (Phi) is 2.20. The summed E-state index contributed by atoms with van der Waals surface area (Å²) in [6.07, 6.45) is 1.14. The van der Waals surface area contributed by atoms with Crippen LogP contribution >= 0.6 is 15.9 Å². The van der Waals surface area contributed by atoms with Gasteiger partial charge in [0, 0.05) is 10.0 Å². The molecule has 0 aliphatic carbocycles. The summed E-state index contributed by atoms with van der Waals surface area (Å²) in [5.74, 6) is 0. The first kappa shape index (κ1) is 9.22. The molecular weight excluding hydrogens is 226 g/mol. The van der Waals surface area contributed by atoms with Gasteiger partial charge in [0.1, 0.15) is 0 Å². The zero-order valence-electron chi connectivity index (χ0n) is 8.02. The highest BCUT2D eigenvalue weighted by molar-refractivity contribution is 9.10. The van der Waals surface area contributed by atoms with Crippen LogP contribution in [-0.4, -0.2) is 6.54 Å². The highest BCUT2D eigenvalue weighted by Gasteiger charge is 2.26. The number of benzene rings is 1. The predicted octanol–water partition coefficient (Wildman–Crippen LogP) is 2.83. The molecule has 1 N–H and O–H groups in total. The van der Waals surface area contributed by atoms with Gasteiger partial charge >= 0.3 is 0 Å². The van der Waals surface area contributed by atoms with E-state index in [4.69, 9.17) is 0 Å². The average molecular weight is 240 g/mol. The number of hydrogen-bond donors (Lipinski definition) is 1. The van der Waals surface area contributed by atoms with Gasteiger partial charge in [-0.25, -0.2) is 0 Å². The molecule has 1 aliphatic rings. The van der Waals surface area contributed by atoms with E-state index in [1.54, 1.807) is 0 Å². The first-order chi connectivity index (χ1) is 6.09. The molecule has 0 amide bonds. The van der Waals surface area contributed by atoms with Crippen molar-refractivity contribution >= 4 is 15.9 Å². The van der Waals surface area contributed by atoms with Crippen LogP contribution in [0.2, 0.25) is 0 Å². The molecule has 1 nitrogen and oxygen atoms in total. The summed E-state index contributed by atoms with van der Waals surface area (Å²) < 4.78 is 1.18. The maximum atomic E-state index is 3.52. The minimum absolute atomic E-state index is 0.133. The molecule has 13 heavy (non-hydrogen) atoms. The second kappa shape index (κ2) is 3.10. The van der Waals surface area contributed by atoms with E-state index >= 15 is 0 Å². The number of hydrogen-bond acceptors (Lipinski definition) is 1. The molecule has 1 aromatic carbocycles. The van der Waals surface area contributed by atoms with Crippen molar-refractivity contribution in [1.29, 1.82) is 0 Å². The number of fused-ring (bicyclic) bond motifs is 1. The summed E-state index contributed by atoms with van der Waals surface area (Å²) in [7, 11) is 0. The van der Waals surface area contributed by atoms with Crippen molar-refractivity contribution in [3.05, 3.63) is 33.8 Å². The zero-order chi connectivity index (χ0) is 9.47. The summed E-state index contributed by atoms with van der Waals surface area (Å²) >= 11 is 3.51. The fraction of sp³-hybridized carbons (Fsp3) is 0.455. The molecule has 1 aliphatic heterocycles. The Morgan fingerprint density at radius 1 is 1.38 bits per heavy atom. The molecule has 1 heterocycles. The van der Waals surface area contributed by atoms with E-state index < -0.39 is 0 Å². The maximum Gasteiger partial charge on any atom is 0.0380 e. The van der Waals surface area contributed by atoms with Gasteiger partial charge in [-0.05, 0) is 50.1 Å². The SMILES string of the molecule is CC1(C)NCCc2cc(Br)ccc21. The minimum Gasteiger partial charge on any atom is -0.307 e. The third-order valence-corrected chi connectivity index (χ3v) is 3.20. The Labute approximate surface area is 87.7 Å². The fourth-order valence-electron chi connectivity index (χ4n) is 1.98. The van der Waals surface area contributed by atoms with E-state index in [0.717, 1.165) is 13.0 Å². The molecule has 70 valence electrons. The van der Waals surface area contributed by atoms with E-state index in [1.807, 2.05) is 0 Å². The molecule has 0 fully saturated rings. The number of halogens is 1. The Bertz CT molecular complexity index is 331. The molecule has 2 heteroatoms. The van der Waals surface area contributed by atoms with Crippen molar-refractivity contribution < 1.29 is 0 Å². The van der Waals surface area contributed by atoms with E-state index in [1.165, 1.54) is 15.6 Å². The Hall–Kier alpha value is -0.340. The first-order valence-corrected chi connectivity index (χ1v) is 5.43. The molecule has 0 aromatic heterocycles. The third-order valence-electron chi connectivity index (χ3n) is 2.70. The van der Waals surface area contributed by atoms with Crippen LogP contribution in [0, 0.1) is 0 Å². The average Bonchev–Trinajstić information content (AvgIpc) is 2.02. The maximum absolute atomic E-state index is 3.52. The molecular formula is C11H14BrN. The highest BCUT2D eigenvalue weighted by atomic mass is 79.9. The lowest BCUT2D eigenvalue weighted by Crippen LogP contribution is -2.42. The monoisotopic (exact) mass is 239 g/mol. The molecule has 0 atom stereocenters. The van der Waals surface area contributed by atoms with Gasteiger partial charge in [-0.3, -0.25) is 0 Å². The van der Waals surface area contributed by atoms with Crippen LogP contribution in [0.25, 0.3) is 0 Å². The molecule has 0 radical (unpaired) electrons. The van der Waals surface area contributed by atoms with Gasteiger partial charge in [0.05, 0.1) is 0 Å². The molecule has 0 spiro atoms. The van der Waals surface area contributed by atoms with Gasteiger partial charge < -0.3 is 5.32 Å². The van der Waals surface area contributed by atoms with Crippen LogP contribution in [0.4, 0.5) is 0 Å². The summed E-state index contributed by atoms with van der Waals surface area (Å²) in [5.41, 5.74) is 3.04. The largest absolute Gasteiger partial charge is 0.307 e. The highest BCUT2D eigenvalue weighted by Crippen LogP contribution is 2.29. The summed E-state index contributed by atoms with van der Waals surface area (Å²) in [4.78, 5) is 0. The smallest absolute Gasteiger partial charge is 0.0380 e. The van der Waals surface area contributed by atoms with Gasteiger partial charge in [-0.1, -0.05) is 22.0 Å². The van der Waals surface area contributed by atoms with Crippen LogP contribution in [0.15, 0.2) is 22.7 Å². The molecule has 2 rings (SSSR count). The molecule has 1 aromatic rings. The van der Waals surface area contributed by atoms with Crippen LogP contribution in [0.1, 0.15) is 25.0 Å². The van der Waals surface area contributed by atoms with Gasteiger partial charge in [-0.15, -0.1) is 0 Å². The van der Waals surface area contributed by atoms with Gasteiger partial charge in [0.2, 0.25) is 0 Å². The van der Waals surface area contributed by atoms with Crippen LogP contribution < -0.4 is 5.32 Å². The van der Waals surface area contributed by atoms with Gasteiger partial charge in [0.25, 0.3) is 0 Å². The van der Waals surface area contributed by atoms with Crippen molar-refractivity contribution in [1.82, 2.24) is 5.32 Å². The minimum atomic E-state index is 0.133. The standard InChI is InChI=1S/C11H14BrN/c1-11(2)10-4-3-9(12)7-8(10)5-6-13-11/h3-4,7,13H,5-6H2,1-2H3. The van der Waals surface area contributed by atoms with E-state index in [9.17, 15) is 0 Å². The molecule has 0 saturated heterocycles. The van der Waals surface area contributed by atoms with E-state index in [-0.39, 0.29) is 5.54 Å². The Morgan fingerprint density at radius 2 is 2.15 bits per heavy atom. The third kappa shape index (κ3) is 1.65. The van der Waals surface area contributed by atoms with Crippen molar-refractivity contribution in [2.45, 2.75) is 25.8 Å². The second-order valence-corrected chi connectivity index (χ2v) is 5.02. The van der Waals surface area contributed by atoms with Crippen molar-refractivity contribution in [2.24, 2.45) is 0 Å². The number of nitrogens with one attached hydrogen (secondary N) is 1. The first-order valence-electron chi connectivity index (χ1n) is 4.63. The Morgan fingerprint density at radius 3 is 2.92 bits per heavy atom. The van der Waals surface area contributed by atoms with Crippen molar-refractivity contribution in [3.63, 3.8) is 0 Å². The van der Waals surface area contributed by atoms with Crippen LogP contribution in [-0.2, 0) is 12.0 Å². The summed E-state index contributed by atoms with van der Waals surface area (Å²) in [6.45, 7) is 5.55. The van der Waals surface area contributed by atoms with E-state index in [2.05, 4.69) is 53.3 Å². The Balaban J connectivity index is 2.53. The lowest BCUT2D eigenvalue weighted by molar-refractivity contribution is 0.382. The topological polar surface area (TPSA) is 12.0 Å². The quantitative estimate of drug-likeness (QED) is 0.735. The predicted molar refractivity (Wildman–Crippen MR) is 58.9 cm³/mol. The van der Waals surface area contributed by atoms with E-state index in [0.29, 0.717) is 0 Å². The lowest BCUT2D eigenvalue weighted by Gasteiger charge is -2.34. The van der Waals surface area contributed by atoms with Crippen LogP contribution in [0.3, 0.4) is 0 Å². The van der Waals surface area contributed by atoms with Crippen molar-refractivity contribution in [2.75, 3.05) is 6.54 Å². The number of rotatable bonds is 0. The zero-order valence-corrected chi connectivity index (χ0v) is 9.61. The molecule has 0 saturated carbocycles. The molecule has 0 bridgehead atoms. The summed E-state index contributed by atoms with van der Waals surface area (Å²) in [6, 6.07) is 6.57. The van der Waals surface area contributed by atoms with Gasteiger partial charge in [-0.2, -0.15) is 0 Å². The molecule has 0 unspecified atom stereocenters. The van der Waals surface area contributed by atoms with Crippen LogP contribution in [0.5, 0.6) is 0 Å². The second-order valence-electron chi connectivity index (χ2n) is 4.10.